The summed E-state index contributed by atoms with van der Waals surface area (Å²) < 4.78 is 15.0. The monoisotopic (exact) mass is 255 g/mol. The highest BCUT2D eigenvalue weighted by molar-refractivity contribution is 7.84. The van der Waals surface area contributed by atoms with E-state index < -0.39 is 10.8 Å². The molecule has 2 rings (SSSR count). The normalized spacial score (nSPS) is 15.3. The van der Waals surface area contributed by atoms with Gasteiger partial charge in [-0.05, 0) is 13.8 Å². The Morgan fingerprint density at radius 1 is 1.53 bits per heavy atom. The molecule has 7 heteroatoms. The number of anilines is 1. The zero-order chi connectivity index (χ0) is 12.7. The predicted molar refractivity (Wildman–Crippen MR) is 69.3 cm³/mol. The van der Waals surface area contributed by atoms with Crippen LogP contribution in [-0.2, 0) is 17.8 Å². The summed E-state index contributed by atoms with van der Waals surface area (Å²) in [5, 5.41) is 4.32. The summed E-state index contributed by atoms with van der Waals surface area (Å²) in [4.78, 5) is 4.32. The Morgan fingerprint density at radius 2 is 2.18 bits per heavy atom. The van der Waals surface area contributed by atoms with Gasteiger partial charge in [0.15, 0.2) is 5.65 Å². The molecule has 0 saturated carbocycles. The molecule has 2 atom stereocenters. The number of fused-ring (bicyclic) bond motifs is 1. The number of aryl methyl sites for hydroxylation is 2. The predicted octanol–water partition coefficient (Wildman–Crippen LogP) is 0.600. The molecular weight excluding hydrogens is 238 g/mol. The molecule has 0 radical (unpaired) electrons. The van der Waals surface area contributed by atoms with Crippen LogP contribution in [0.2, 0.25) is 0 Å². The second kappa shape index (κ2) is 4.14. The van der Waals surface area contributed by atoms with E-state index in [1.165, 1.54) is 0 Å². The van der Waals surface area contributed by atoms with Gasteiger partial charge in [-0.3, -0.25) is 13.5 Å². The van der Waals surface area contributed by atoms with Crippen molar-refractivity contribution in [2.75, 3.05) is 17.7 Å². The van der Waals surface area contributed by atoms with Crippen LogP contribution in [0.5, 0.6) is 0 Å². The van der Waals surface area contributed by atoms with E-state index in [9.17, 15) is 4.21 Å². The fourth-order valence-corrected chi connectivity index (χ4v) is 2.99. The summed E-state index contributed by atoms with van der Waals surface area (Å²) in [5.74, 6) is 1.01. The lowest BCUT2D eigenvalue weighted by Gasteiger charge is -2.14. The second-order valence-electron chi connectivity index (χ2n) is 4.31. The molecule has 94 valence electrons. The van der Waals surface area contributed by atoms with Gasteiger partial charge < -0.3 is 5.73 Å². The Kier molecular flexibility index (Phi) is 2.94. The third kappa shape index (κ3) is 1.95. The van der Waals surface area contributed by atoms with Gasteiger partial charge in [0.25, 0.3) is 0 Å². The van der Waals surface area contributed by atoms with Crippen LogP contribution in [0.1, 0.15) is 18.7 Å². The molecule has 2 heterocycles. The van der Waals surface area contributed by atoms with Crippen molar-refractivity contribution in [3.63, 3.8) is 0 Å². The summed E-state index contributed by atoms with van der Waals surface area (Å²) in [7, 11) is 0.999. The van der Waals surface area contributed by atoms with Crippen molar-refractivity contribution in [1.29, 1.82) is 0 Å². The highest BCUT2D eigenvalue weighted by Crippen LogP contribution is 2.24. The Labute approximate surface area is 102 Å². The first-order valence-electron chi connectivity index (χ1n) is 5.38. The van der Waals surface area contributed by atoms with Crippen molar-refractivity contribution in [3.05, 3.63) is 5.69 Å². The third-order valence-corrected chi connectivity index (χ3v) is 3.73. The van der Waals surface area contributed by atoms with E-state index in [1.54, 1.807) is 10.9 Å². The molecule has 2 aromatic heterocycles. The SMILES string of the molecule is Cc1nn(C)c2c1nc(N)n2C(C)CS(C)=O. The Morgan fingerprint density at radius 3 is 2.76 bits per heavy atom. The number of imidazole rings is 1. The average molecular weight is 255 g/mol. The van der Waals surface area contributed by atoms with Gasteiger partial charge in [0.05, 0.1) is 5.69 Å². The van der Waals surface area contributed by atoms with Crippen LogP contribution in [0.25, 0.3) is 11.2 Å². The van der Waals surface area contributed by atoms with Gasteiger partial charge in [-0.15, -0.1) is 0 Å². The molecule has 6 nitrogen and oxygen atoms in total. The van der Waals surface area contributed by atoms with E-state index in [0.717, 1.165) is 16.9 Å². The van der Waals surface area contributed by atoms with Crippen molar-refractivity contribution in [3.8, 4) is 0 Å². The number of nitrogens with zero attached hydrogens (tertiary/aromatic N) is 4. The average Bonchev–Trinajstić information content (AvgIpc) is 2.65. The lowest BCUT2D eigenvalue weighted by Crippen LogP contribution is -2.16. The third-order valence-electron chi connectivity index (χ3n) is 2.78. The number of nitrogen functional groups attached to an aromatic ring is 1. The maximum absolute atomic E-state index is 11.3. The molecule has 0 aromatic carbocycles. The molecule has 0 spiro atoms. The summed E-state index contributed by atoms with van der Waals surface area (Å²) in [6, 6.07) is 0.0423. The van der Waals surface area contributed by atoms with Gasteiger partial charge >= 0.3 is 0 Å². The lowest BCUT2D eigenvalue weighted by atomic mass is 10.4. The summed E-state index contributed by atoms with van der Waals surface area (Å²) in [6.07, 6.45) is 1.69. The largest absolute Gasteiger partial charge is 0.369 e. The smallest absolute Gasteiger partial charge is 0.202 e. The standard InChI is InChI=1S/C10H17N5OS/c1-6(5-17(4)16)15-9-8(12-10(15)11)7(2)13-14(9)3/h6H,5H2,1-4H3,(H2,11,12). The molecule has 0 saturated heterocycles. The van der Waals surface area contributed by atoms with Gasteiger partial charge in [0, 0.05) is 35.9 Å². The van der Waals surface area contributed by atoms with Gasteiger partial charge in [0.2, 0.25) is 5.95 Å². The van der Waals surface area contributed by atoms with Crippen LogP contribution >= 0.6 is 0 Å². The first kappa shape index (κ1) is 12.1. The first-order valence-corrected chi connectivity index (χ1v) is 7.11. The number of nitrogens with two attached hydrogens (primary N) is 1. The zero-order valence-corrected chi connectivity index (χ0v) is 11.3. The first-order chi connectivity index (χ1) is 7.91. The minimum atomic E-state index is -0.865. The molecule has 0 amide bonds. The quantitative estimate of drug-likeness (QED) is 0.871. The van der Waals surface area contributed by atoms with Crippen molar-refractivity contribution >= 4 is 27.9 Å². The van der Waals surface area contributed by atoms with E-state index in [2.05, 4.69) is 10.1 Å². The minimum Gasteiger partial charge on any atom is -0.369 e. The van der Waals surface area contributed by atoms with E-state index in [0.29, 0.717) is 11.7 Å². The molecule has 2 N–H and O–H groups in total. The Balaban J connectivity index is 2.59. The fourth-order valence-electron chi connectivity index (χ4n) is 2.16. The maximum Gasteiger partial charge on any atom is 0.202 e. The maximum atomic E-state index is 11.3. The minimum absolute atomic E-state index is 0.0423. The highest BCUT2D eigenvalue weighted by Gasteiger charge is 2.19. The van der Waals surface area contributed by atoms with Crippen LogP contribution in [0.4, 0.5) is 5.95 Å². The van der Waals surface area contributed by atoms with Crippen molar-refractivity contribution in [1.82, 2.24) is 19.3 Å². The molecule has 2 aromatic rings. The molecule has 0 bridgehead atoms. The number of rotatable bonds is 3. The van der Waals surface area contributed by atoms with Crippen LogP contribution < -0.4 is 5.73 Å². The van der Waals surface area contributed by atoms with Crippen LogP contribution in [0.15, 0.2) is 0 Å². The fraction of sp³-hybridized carbons (Fsp3) is 0.600. The van der Waals surface area contributed by atoms with E-state index >= 15 is 0 Å². The van der Waals surface area contributed by atoms with Crippen molar-refractivity contribution < 1.29 is 4.21 Å². The molecule has 17 heavy (non-hydrogen) atoms. The van der Waals surface area contributed by atoms with Crippen LogP contribution in [0, 0.1) is 6.92 Å². The number of hydrogen-bond acceptors (Lipinski definition) is 4. The second-order valence-corrected chi connectivity index (χ2v) is 5.79. The van der Waals surface area contributed by atoms with E-state index in [-0.39, 0.29) is 6.04 Å². The zero-order valence-electron chi connectivity index (χ0n) is 10.5. The summed E-state index contributed by atoms with van der Waals surface area (Å²) >= 11 is 0. The highest BCUT2D eigenvalue weighted by atomic mass is 32.2. The van der Waals surface area contributed by atoms with Crippen molar-refractivity contribution in [2.24, 2.45) is 7.05 Å². The van der Waals surface area contributed by atoms with Crippen LogP contribution in [0.3, 0.4) is 0 Å². The number of aromatic nitrogens is 4. The topological polar surface area (TPSA) is 78.7 Å². The Hall–Kier alpha value is -1.37. The van der Waals surface area contributed by atoms with Crippen molar-refractivity contribution in [2.45, 2.75) is 19.9 Å². The summed E-state index contributed by atoms with van der Waals surface area (Å²) in [5.41, 5.74) is 8.49. The van der Waals surface area contributed by atoms with Gasteiger partial charge in [-0.25, -0.2) is 4.98 Å². The van der Waals surface area contributed by atoms with Crippen LogP contribution in [-0.4, -0.2) is 35.5 Å². The molecular formula is C10H17N5OS. The molecule has 0 fully saturated rings. The van der Waals surface area contributed by atoms with Gasteiger partial charge in [-0.1, -0.05) is 0 Å². The lowest BCUT2D eigenvalue weighted by molar-refractivity contribution is 0.600. The van der Waals surface area contributed by atoms with E-state index in [1.807, 2.05) is 25.5 Å². The molecule has 0 aliphatic rings. The molecule has 2 unspecified atom stereocenters. The Bertz CT molecular complexity index is 585. The van der Waals surface area contributed by atoms with E-state index in [4.69, 9.17) is 5.73 Å². The van der Waals surface area contributed by atoms with Gasteiger partial charge in [0.1, 0.15) is 5.52 Å². The molecule has 0 aliphatic heterocycles. The molecule has 0 aliphatic carbocycles. The van der Waals surface area contributed by atoms with Gasteiger partial charge in [-0.2, -0.15) is 5.10 Å². The number of hydrogen-bond donors (Lipinski definition) is 1. The summed E-state index contributed by atoms with van der Waals surface area (Å²) in [6.45, 7) is 3.89.